The van der Waals surface area contributed by atoms with Crippen LogP contribution in [0.3, 0.4) is 0 Å². The molecule has 2 saturated heterocycles. The van der Waals surface area contributed by atoms with Crippen molar-refractivity contribution in [3.63, 3.8) is 0 Å². The first-order chi connectivity index (χ1) is 12.9. The Balaban J connectivity index is 1.81. The molecule has 7 nitrogen and oxygen atoms in total. The van der Waals surface area contributed by atoms with Crippen LogP contribution in [0.1, 0.15) is 45.1 Å². The average molecular weight is 373 g/mol. The second-order valence-electron chi connectivity index (χ2n) is 7.24. The first kappa shape index (κ1) is 19.2. The van der Waals surface area contributed by atoms with Gasteiger partial charge in [0.15, 0.2) is 0 Å². The lowest BCUT2D eigenvalue weighted by Crippen LogP contribution is -2.49. The van der Waals surface area contributed by atoms with Gasteiger partial charge >= 0.3 is 6.03 Å². The van der Waals surface area contributed by atoms with Gasteiger partial charge in [-0.15, -0.1) is 0 Å². The number of nitrogens with one attached hydrogen (secondary N) is 1. The van der Waals surface area contributed by atoms with Gasteiger partial charge in [-0.2, -0.15) is 0 Å². The summed E-state index contributed by atoms with van der Waals surface area (Å²) in [5.41, 5.74) is -0.456. The lowest BCUT2D eigenvalue weighted by atomic mass is 9.87. The number of carbonyl (C=O) groups excluding carboxylic acids is 3. The Bertz CT molecular complexity index is 733. The number of benzene rings is 1. The van der Waals surface area contributed by atoms with Crippen molar-refractivity contribution >= 4 is 17.8 Å². The molecule has 7 heteroatoms. The Hall–Kier alpha value is -2.57. The Morgan fingerprint density at radius 3 is 2.56 bits per heavy atom. The Morgan fingerprint density at radius 2 is 1.96 bits per heavy atom. The van der Waals surface area contributed by atoms with Crippen molar-refractivity contribution in [3.8, 4) is 5.75 Å². The van der Waals surface area contributed by atoms with Crippen molar-refractivity contribution in [3.05, 3.63) is 29.8 Å². The lowest BCUT2D eigenvalue weighted by molar-refractivity contribution is -0.141. The number of hydrogen-bond donors (Lipinski definition) is 1. The lowest BCUT2D eigenvalue weighted by Gasteiger charge is -2.34. The van der Waals surface area contributed by atoms with Crippen LogP contribution in [-0.2, 0) is 15.1 Å². The molecule has 1 aromatic carbocycles. The molecule has 0 spiro atoms. The molecular weight excluding hydrogens is 346 g/mol. The number of hydrogen-bond acceptors (Lipinski definition) is 4. The average Bonchev–Trinajstić information content (AvgIpc) is 2.93. The zero-order chi connectivity index (χ0) is 19.6. The summed E-state index contributed by atoms with van der Waals surface area (Å²) in [6, 6.07) is 6.70. The minimum Gasteiger partial charge on any atom is -0.497 e. The fourth-order valence-electron chi connectivity index (χ4n) is 3.98. The molecule has 0 unspecified atom stereocenters. The van der Waals surface area contributed by atoms with E-state index in [0.717, 1.165) is 24.2 Å². The van der Waals surface area contributed by atoms with Crippen molar-refractivity contribution in [1.82, 2.24) is 15.1 Å². The molecule has 0 radical (unpaired) electrons. The second kappa shape index (κ2) is 7.58. The van der Waals surface area contributed by atoms with Crippen molar-refractivity contribution in [2.45, 2.75) is 51.1 Å². The topological polar surface area (TPSA) is 79.0 Å². The quantitative estimate of drug-likeness (QED) is 0.803. The molecule has 4 amide bonds. The van der Waals surface area contributed by atoms with Crippen LogP contribution in [-0.4, -0.2) is 53.9 Å². The number of rotatable bonds is 5. The van der Waals surface area contributed by atoms with Crippen LogP contribution in [0.2, 0.25) is 0 Å². The maximum absolute atomic E-state index is 13.2. The minimum atomic E-state index is -1.14. The van der Waals surface area contributed by atoms with Crippen LogP contribution in [0.25, 0.3) is 0 Å². The van der Waals surface area contributed by atoms with Crippen molar-refractivity contribution in [2.24, 2.45) is 0 Å². The highest BCUT2D eigenvalue weighted by molar-refractivity contribution is 6.09. The summed E-state index contributed by atoms with van der Waals surface area (Å²) in [5, 5.41) is 2.82. The van der Waals surface area contributed by atoms with E-state index in [4.69, 9.17) is 4.74 Å². The number of piperidine rings is 1. The number of urea groups is 1. The van der Waals surface area contributed by atoms with Crippen LogP contribution in [0.15, 0.2) is 24.3 Å². The molecule has 3 rings (SSSR count). The summed E-state index contributed by atoms with van der Waals surface area (Å²) >= 11 is 0. The first-order valence-corrected chi connectivity index (χ1v) is 9.51. The van der Waals surface area contributed by atoms with Crippen LogP contribution >= 0.6 is 0 Å². The number of ether oxygens (including phenoxy) is 1. The number of imide groups is 1. The Morgan fingerprint density at radius 1 is 1.26 bits per heavy atom. The van der Waals surface area contributed by atoms with E-state index < -0.39 is 11.6 Å². The molecule has 2 heterocycles. The van der Waals surface area contributed by atoms with Crippen LogP contribution in [0, 0.1) is 0 Å². The molecule has 2 aliphatic rings. The maximum atomic E-state index is 13.2. The number of amides is 4. The monoisotopic (exact) mass is 373 g/mol. The maximum Gasteiger partial charge on any atom is 0.325 e. The van der Waals surface area contributed by atoms with Gasteiger partial charge in [0, 0.05) is 12.6 Å². The normalized spacial score (nSPS) is 25.5. The van der Waals surface area contributed by atoms with E-state index in [1.807, 2.05) is 13.8 Å². The summed E-state index contributed by atoms with van der Waals surface area (Å²) < 4.78 is 5.16. The van der Waals surface area contributed by atoms with E-state index in [1.54, 1.807) is 36.3 Å². The van der Waals surface area contributed by atoms with Crippen molar-refractivity contribution in [2.75, 3.05) is 20.2 Å². The summed E-state index contributed by atoms with van der Waals surface area (Å²) in [5.74, 6) is 0.124. The van der Waals surface area contributed by atoms with Crippen LogP contribution < -0.4 is 10.1 Å². The van der Waals surface area contributed by atoms with Crippen LogP contribution in [0.5, 0.6) is 5.75 Å². The highest BCUT2D eigenvalue weighted by Gasteiger charge is 2.52. The number of methoxy groups -OCH3 is 1. The molecule has 0 aliphatic carbocycles. The van der Waals surface area contributed by atoms with Gasteiger partial charge < -0.3 is 15.0 Å². The van der Waals surface area contributed by atoms with Gasteiger partial charge in [-0.1, -0.05) is 19.1 Å². The van der Waals surface area contributed by atoms with Gasteiger partial charge in [0.2, 0.25) is 5.91 Å². The number of nitrogens with zero attached hydrogens (tertiary/aromatic N) is 2. The van der Waals surface area contributed by atoms with E-state index in [1.165, 1.54) is 0 Å². The minimum absolute atomic E-state index is 0.143. The molecule has 2 atom stereocenters. The molecule has 2 fully saturated rings. The van der Waals surface area contributed by atoms with E-state index in [0.29, 0.717) is 24.3 Å². The van der Waals surface area contributed by atoms with Crippen LogP contribution in [0.4, 0.5) is 4.79 Å². The zero-order valence-electron chi connectivity index (χ0n) is 16.2. The van der Waals surface area contributed by atoms with Gasteiger partial charge in [0.05, 0.1) is 7.11 Å². The molecule has 146 valence electrons. The Kier molecular flexibility index (Phi) is 5.39. The molecule has 1 N–H and O–H groups in total. The standard InChI is InChI=1S/C20H27N3O4/c1-4-20(15-8-10-16(27-3)11-9-15)18(25)23(19(26)21-20)13-17(24)22-12-6-5-7-14(22)2/h8-11,14H,4-7,12-13H2,1-3H3,(H,21,26)/t14-,20+/m1/s1. The van der Waals surface area contributed by atoms with Crippen molar-refractivity contribution in [1.29, 1.82) is 0 Å². The van der Waals surface area contributed by atoms with Gasteiger partial charge in [-0.3, -0.25) is 14.5 Å². The van der Waals surface area contributed by atoms with Gasteiger partial charge in [-0.05, 0) is 50.3 Å². The summed E-state index contributed by atoms with van der Waals surface area (Å²) in [6.45, 7) is 4.32. The predicted molar refractivity (Wildman–Crippen MR) is 100 cm³/mol. The SMILES string of the molecule is CC[C@@]1(c2ccc(OC)cc2)NC(=O)N(CC(=O)N2CCCC[C@H]2C)C1=O. The number of likely N-dealkylation sites (tertiary alicyclic amines) is 1. The van der Waals surface area contributed by atoms with E-state index in [9.17, 15) is 14.4 Å². The third-order valence-electron chi connectivity index (χ3n) is 5.71. The van der Waals surface area contributed by atoms with Gasteiger partial charge in [0.25, 0.3) is 5.91 Å². The largest absolute Gasteiger partial charge is 0.497 e. The van der Waals surface area contributed by atoms with Crippen molar-refractivity contribution < 1.29 is 19.1 Å². The molecule has 1 aromatic rings. The number of carbonyl (C=O) groups is 3. The molecule has 0 saturated carbocycles. The predicted octanol–water partition coefficient (Wildman–Crippen LogP) is 2.25. The zero-order valence-corrected chi connectivity index (χ0v) is 16.2. The first-order valence-electron chi connectivity index (χ1n) is 9.51. The highest BCUT2D eigenvalue weighted by atomic mass is 16.5. The fourth-order valence-corrected chi connectivity index (χ4v) is 3.98. The Labute approximate surface area is 159 Å². The van der Waals surface area contributed by atoms with E-state index in [-0.39, 0.29) is 24.4 Å². The summed E-state index contributed by atoms with van der Waals surface area (Å²) in [4.78, 5) is 41.3. The molecular formula is C20H27N3O4. The van der Waals surface area contributed by atoms with E-state index >= 15 is 0 Å². The molecule has 2 aliphatic heterocycles. The fraction of sp³-hybridized carbons (Fsp3) is 0.550. The second-order valence-corrected chi connectivity index (χ2v) is 7.24. The molecule has 27 heavy (non-hydrogen) atoms. The molecule has 0 bridgehead atoms. The third kappa shape index (κ3) is 3.38. The molecule has 0 aromatic heterocycles. The third-order valence-corrected chi connectivity index (χ3v) is 5.71. The van der Waals surface area contributed by atoms with Gasteiger partial charge in [0.1, 0.15) is 17.8 Å². The van der Waals surface area contributed by atoms with Gasteiger partial charge in [-0.25, -0.2) is 4.79 Å². The highest BCUT2D eigenvalue weighted by Crippen LogP contribution is 2.33. The summed E-state index contributed by atoms with van der Waals surface area (Å²) in [6.07, 6.45) is 3.41. The summed E-state index contributed by atoms with van der Waals surface area (Å²) in [7, 11) is 1.57. The smallest absolute Gasteiger partial charge is 0.325 e. The van der Waals surface area contributed by atoms with E-state index in [2.05, 4.69) is 5.32 Å².